The van der Waals surface area contributed by atoms with E-state index in [2.05, 4.69) is 20.1 Å². The van der Waals surface area contributed by atoms with Gasteiger partial charge in [0.1, 0.15) is 10.7 Å². The molecular weight excluding hydrogens is 322 g/mol. The van der Waals surface area contributed by atoms with Crippen LogP contribution < -0.4 is 9.62 Å². The molecule has 2 aromatic rings. The van der Waals surface area contributed by atoms with Crippen molar-refractivity contribution in [3.05, 3.63) is 23.2 Å². The van der Waals surface area contributed by atoms with Gasteiger partial charge in [0, 0.05) is 26.1 Å². The Morgan fingerprint density at radius 3 is 2.57 bits per heavy atom. The third-order valence-corrected chi connectivity index (χ3v) is 4.95. The molecule has 2 N–H and O–H groups in total. The van der Waals surface area contributed by atoms with Crippen LogP contribution in [0.25, 0.3) is 0 Å². The molecule has 0 saturated heterocycles. The first-order valence-corrected chi connectivity index (χ1v) is 8.43. The van der Waals surface area contributed by atoms with Gasteiger partial charge in [-0.1, -0.05) is 5.16 Å². The summed E-state index contributed by atoms with van der Waals surface area (Å²) >= 11 is 0. The van der Waals surface area contributed by atoms with E-state index in [1.165, 1.54) is 11.8 Å². The van der Waals surface area contributed by atoms with Crippen LogP contribution in [0.1, 0.15) is 24.1 Å². The lowest BCUT2D eigenvalue weighted by Gasteiger charge is -2.17. The first kappa shape index (κ1) is 17.2. The number of nitrogens with zero attached hydrogens (tertiary/aromatic N) is 3. The summed E-state index contributed by atoms with van der Waals surface area (Å²) in [6.07, 6.45) is 0. The molecule has 0 radical (unpaired) electrons. The molecule has 10 heteroatoms. The number of anilines is 1. The molecule has 0 saturated carbocycles. The maximum Gasteiger partial charge on any atom is 0.244 e. The number of carbonyl (C=O) groups is 1. The smallest absolute Gasteiger partial charge is 0.244 e. The largest absolute Gasteiger partial charge is 0.360 e. The van der Waals surface area contributed by atoms with Crippen LogP contribution in [0.4, 0.5) is 5.82 Å². The maximum atomic E-state index is 12.3. The van der Waals surface area contributed by atoms with Crippen LogP contribution in [-0.4, -0.2) is 42.8 Å². The standard InChI is InChI=1S/C13H19N5O4S/c1-8-7-12(17-22-8)18(11(4)19)6-5-14-23(20,21)13-9(2)15-16-10(13)3/h7,14H,5-6H2,1-4H3,(H,15,16). The number of hydrogen-bond acceptors (Lipinski definition) is 6. The van der Waals surface area contributed by atoms with Gasteiger partial charge in [-0.15, -0.1) is 0 Å². The Labute approximate surface area is 134 Å². The minimum atomic E-state index is -3.70. The normalized spacial score (nSPS) is 11.7. The van der Waals surface area contributed by atoms with Crippen molar-refractivity contribution in [2.24, 2.45) is 0 Å². The van der Waals surface area contributed by atoms with E-state index in [1.807, 2.05) is 0 Å². The number of nitrogens with one attached hydrogen (secondary N) is 2. The molecule has 0 atom stereocenters. The highest BCUT2D eigenvalue weighted by Gasteiger charge is 2.23. The summed E-state index contributed by atoms with van der Waals surface area (Å²) < 4.78 is 32.0. The molecule has 23 heavy (non-hydrogen) atoms. The van der Waals surface area contributed by atoms with Gasteiger partial charge >= 0.3 is 0 Å². The zero-order chi connectivity index (χ0) is 17.2. The van der Waals surface area contributed by atoms with E-state index < -0.39 is 10.0 Å². The third kappa shape index (κ3) is 3.77. The quantitative estimate of drug-likeness (QED) is 0.796. The van der Waals surface area contributed by atoms with Crippen molar-refractivity contribution in [1.82, 2.24) is 20.1 Å². The minimum absolute atomic E-state index is 0.0396. The van der Waals surface area contributed by atoms with E-state index in [9.17, 15) is 13.2 Å². The Morgan fingerprint density at radius 2 is 2.09 bits per heavy atom. The fourth-order valence-corrected chi connectivity index (χ4v) is 3.60. The second kappa shape index (κ2) is 6.50. The van der Waals surface area contributed by atoms with Gasteiger partial charge in [0.15, 0.2) is 5.82 Å². The van der Waals surface area contributed by atoms with Crippen molar-refractivity contribution in [2.75, 3.05) is 18.0 Å². The number of hydrogen-bond donors (Lipinski definition) is 2. The van der Waals surface area contributed by atoms with Crippen molar-refractivity contribution in [3.63, 3.8) is 0 Å². The van der Waals surface area contributed by atoms with Gasteiger partial charge in [0.25, 0.3) is 0 Å². The summed E-state index contributed by atoms with van der Waals surface area (Å²) in [6.45, 7) is 6.51. The van der Waals surface area contributed by atoms with E-state index in [-0.39, 0.29) is 23.9 Å². The van der Waals surface area contributed by atoms with Crippen molar-refractivity contribution in [1.29, 1.82) is 0 Å². The number of aryl methyl sites for hydroxylation is 3. The molecule has 2 rings (SSSR count). The molecule has 0 aliphatic rings. The van der Waals surface area contributed by atoms with Gasteiger partial charge in [-0.25, -0.2) is 13.1 Å². The SMILES string of the molecule is CC(=O)N(CCNS(=O)(=O)c1c(C)n[nH]c1C)c1cc(C)on1. The fourth-order valence-electron chi connectivity index (χ4n) is 2.21. The van der Waals surface area contributed by atoms with Crippen LogP contribution in [0.5, 0.6) is 0 Å². The molecular formula is C13H19N5O4S. The van der Waals surface area contributed by atoms with Crippen LogP contribution in [0.15, 0.2) is 15.5 Å². The van der Waals surface area contributed by atoms with Crippen molar-refractivity contribution in [3.8, 4) is 0 Å². The highest BCUT2D eigenvalue weighted by molar-refractivity contribution is 7.89. The average Bonchev–Trinajstić information content (AvgIpc) is 3.01. The van der Waals surface area contributed by atoms with E-state index in [0.29, 0.717) is 23.0 Å². The van der Waals surface area contributed by atoms with E-state index in [0.717, 1.165) is 0 Å². The van der Waals surface area contributed by atoms with Crippen LogP contribution in [-0.2, 0) is 14.8 Å². The molecule has 126 valence electrons. The average molecular weight is 341 g/mol. The van der Waals surface area contributed by atoms with Crippen LogP contribution in [0, 0.1) is 20.8 Å². The van der Waals surface area contributed by atoms with Gasteiger partial charge in [-0.2, -0.15) is 5.10 Å². The van der Waals surface area contributed by atoms with Crippen molar-refractivity contribution >= 4 is 21.7 Å². The number of amides is 1. The molecule has 2 aromatic heterocycles. The maximum absolute atomic E-state index is 12.3. The Bertz CT molecular complexity index is 789. The summed E-state index contributed by atoms with van der Waals surface area (Å²) in [5.41, 5.74) is 0.858. The molecule has 0 spiro atoms. The first-order valence-electron chi connectivity index (χ1n) is 6.95. The lowest BCUT2D eigenvalue weighted by molar-refractivity contribution is -0.116. The highest BCUT2D eigenvalue weighted by atomic mass is 32.2. The molecule has 0 fully saturated rings. The molecule has 2 heterocycles. The Balaban J connectivity index is 2.07. The monoisotopic (exact) mass is 341 g/mol. The number of sulfonamides is 1. The fraction of sp³-hybridized carbons (Fsp3) is 0.462. The summed E-state index contributed by atoms with van der Waals surface area (Å²) in [5, 5.41) is 10.3. The van der Waals surface area contributed by atoms with E-state index in [1.54, 1.807) is 26.8 Å². The summed E-state index contributed by atoms with van der Waals surface area (Å²) in [4.78, 5) is 13.2. The number of carbonyl (C=O) groups excluding carboxylic acids is 1. The molecule has 0 unspecified atom stereocenters. The van der Waals surface area contributed by atoms with Gasteiger partial charge in [-0.05, 0) is 20.8 Å². The molecule has 0 aliphatic heterocycles. The van der Waals surface area contributed by atoms with Crippen LogP contribution >= 0.6 is 0 Å². The predicted molar refractivity (Wildman–Crippen MR) is 82.5 cm³/mol. The molecule has 0 aromatic carbocycles. The Morgan fingerprint density at radius 1 is 1.39 bits per heavy atom. The predicted octanol–water partition coefficient (Wildman–Crippen LogP) is 0.654. The molecule has 9 nitrogen and oxygen atoms in total. The lowest BCUT2D eigenvalue weighted by atomic mass is 10.4. The second-order valence-electron chi connectivity index (χ2n) is 5.13. The van der Waals surface area contributed by atoms with Crippen molar-refractivity contribution < 1.29 is 17.7 Å². The van der Waals surface area contributed by atoms with Gasteiger partial charge in [-0.3, -0.25) is 14.8 Å². The van der Waals surface area contributed by atoms with Gasteiger partial charge in [0.2, 0.25) is 15.9 Å². The Kier molecular flexibility index (Phi) is 4.85. The Hall–Kier alpha value is -2.20. The lowest BCUT2D eigenvalue weighted by Crippen LogP contribution is -2.38. The van der Waals surface area contributed by atoms with Gasteiger partial charge in [0.05, 0.1) is 11.4 Å². The first-order chi connectivity index (χ1) is 10.7. The zero-order valence-corrected chi connectivity index (χ0v) is 14.2. The molecule has 1 amide bonds. The number of rotatable bonds is 6. The van der Waals surface area contributed by atoms with E-state index >= 15 is 0 Å². The third-order valence-electron chi connectivity index (χ3n) is 3.23. The van der Waals surface area contributed by atoms with Crippen LogP contribution in [0.2, 0.25) is 0 Å². The van der Waals surface area contributed by atoms with Crippen molar-refractivity contribution in [2.45, 2.75) is 32.6 Å². The zero-order valence-electron chi connectivity index (χ0n) is 13.4. The second-order valence-corrected chi connectivity index (χ2v) is 6.83. The van der Waals surface area contributed by atoms with E-state index in [4.69, 9.17) is 4.52 Å². The number of H-pyrrole nitrogens is 1. The topological polar surface area (TPSA) is 121 Å². The summed E-state index contributed by atoms with van der Waals surface area (Å²) in [7, 11) is -3.70. The number of aromatic amines is 1. The summed E-state index contributed by atoms with van der Waals surface area (Å²) in [5.74, 6) is 0.662. The van der Waals surface area contributed by atoms with Crippen LogP contribution in [0.3, 0.4) is 0 Å². The molecule has 0 bridgehead atoms. The number of aromatic nitrogens is 3. The van der Waals surface area contributed by atoms with Gasteiger partial charge < -0.3 is 4.52 Å². The minimum Gasteiger partial charge on any atom is -0.360 e. The summed E-state index contributed by atoms with van der Waals surface area (Å²) in [6, 6.07) is 1.61. The highest BCUT2D eigenvalue weighted by Crippen LogP contribution is 2.17. The molecule has 0 aliphatic carbocycles.